The zero-order valence-electron chi connectivity index (χ0n) is 32.1. The number of ketones is 1. The van der Waals surface area contributed by atoms with Gasteiger partial charge in [-0.05, 0) is 87.1 Å². The highest BCUT2D eigenvalue weighted by Crippen LogP contribution is 2.26. The molecule has 0 heterocycles. The molecule has 0 saturated heterocycles. The summed E-state index contributed by atoms with van der Waals surface area (Å²) in [6, 6.07) is 19.2. The SMILES string of the molecule is C=C.C=Cc1ccc(N=C(C)Nc2ccc(-c3ccc(C)cc3)cc2F)c(C)c1.CC.CC.CC(=O)C1CCCC1.CCCCCCC. The number of halogens is 1. The summed E-state index contributed by atoms with van der Waals surface area (Å²) in [7, 11) is 0. The van der Waals surface area contributed by atoms with E-state index in [-0.39, 0.29) is 5.82 Å². The summed E-state index contributed by atoms with van der Waals surface area (Å²) in [5.74, 6) is 1.14. The predicted octanol–water partition coefficient (Wildman–Crippen LogP) is 14.5. The van der Waals surface area contributed by atoms with E-state index in [0.29, 0.717) is 23.2 Å². The fourth-order valence-electron chi connectivity index (χ4n) is 4.89. The number of unbranched alkanes of at least 4 members (excludes halogenated alkanes) is 4. The summed E-state index contributed by atoms with van der Waals surface area (Å²) in [6.07, 6.45) is 13.6. The number of Topliss-reactive ketones (excluding diaryl/α,β-unsaturated/α-hetero) is 1. The largest absolute Gasteiger partial charge is 0.342 e. The van der Waals surface area contributed by atoms with E-state index < -0.39 is 0 Å². The number of aliphatic imine (C=N–C) groups is 1. The minimum absolute atomic E-state index is 0.304. The van der Waals surface area contributed by atoms with Crippen LogP contribution in [0.25, 0.3) is 17.2 Å². The van der Waals surface area contributed by atoms with Gasteiger partial charge in [-0.1, -0.05) is 141 Å². The maximum Gasteiger partial charge on any atom is 0.147 e. The Labute approximate surface area is 294 Å². The number of nitrogens with zero attached hydrogens (tertiary/aromatic N) is 1. The molecule has 1 aliphatic carbocycles. The van der Waals surface area contributed by atoms with Crippen LogP contribution in [-0.4, -0.2) is 11.6 Å². The van der Waals surface area contributed by atoms with Gasteiger partial charge >= 0.3 is 0 Å². The lowest BCUT2D eigenvalue weighted by molar-refractivity contribution is -0.120. The molecule has 0 aromatic heterocycles. The highest BCUT2D eigenvalue weighted by molar-refractivity contribution is 5.95. The Morgan fingerprint density at radius 1 is 0.833 bits per heavy atom. The number of hydrogen-bond acceptors (Lipinski definition) is 2. The molecule has 0 spiro atoms. The summed E-state index contributed by atoms with van der Waals surface area (Å²) in [6.45, 7) is 29.8. The molecule has 3 aromatic carbocycles. The number of aryl methyl sites for hydroxylation is 2. The van der Waals surface area contributed by atoms with Crippen molar-refractivity contribution in [3.05, 3.63) is 103 Å². The smallest absolute Gasteiger partial charge is 0.147 e. The second-order valence-corrected chi connectivity index (χ2v) is 11.3. The van der Waals surface area contributed by atoms with Crippen molar-refractivity contribution in [3.63, 3.8) is 0 Å². The molecule has 0 aliphatic heterocycles. The number of hydrogen-bond donors (Lipinski definition) is 1. The minimum Gasteiger partial charge on any atom is -0.342 e. The molecule has 3 aromatic rings. The Balaban J connectivity index is 0. The molecule has 48 heavy (non-hydrogen) atoms. The molecule has 266 valence electrons. The van der Waals surface area contributed by atoms with E-state index in [0.717, 1.165) is 40.8 Å². The third kappa shape index (κ3) is 19.1. The number of nitrogens with one attached hydrogen (secondary N) is 1. The van der Waals surface area contributed by atoms with E-state index in [9.17, 15) is 9.18 Å². The first-order valence-corrected chi connectivity index (χ1v) is 18.1. The maximum absolute atomic E-state index is 14.6. The van der Waals surface area contributed by atoms with Gasteiger partial charge in [-0.3, -0.25) is 4.79 Å². The molecular weight excluding hydrogens is 591 g/mol. The van der Waals surface area contributed by atoms with Crippen molar-refractivity contribution in [2.24, 2.45) is 10.9 Å². The van der Waals surface area contributed by atoms with Crippen molar-refractivity contribution in [3.8, 4) is 11.1 Å². The van der Waals surface area contributed by atoms with Crippen LogP contribution in [0, 0.1) is 25.6 Å². The van der Waals surface area contributed by atoms with Gasteiger partial charge in [0, 0.05) is 5.92 Å². The molecule has 0 amide bonds. The van der Waals surface area contributed by atoms with Crippen molar-refractivity contribution >= 4 is 29.1 Å². The van der Waals surface area contributed by atoms with Gasteiger partial charge in [-0.25, -0.2) is 9.38 Å². The zero-order chi connectivity index (χ0) is 36.9. The van der Waals surface area contributed by atoms with Crippen LogP contribution in [0.4, 0.5) is 15.8 Å². The van der Waals surface area contributed by atoms with Crippen LogP contribution in [-0.2, 0) is 4.79 Å². The van der Waals surface area contributed by atoms with Crippen LogP contribution in [0.15, 0.2) is 85.4 Å². The van der Waals surface area contributed by atoms with Gasteiger partial charge < -0.3 is 5.32 Å². The molecule has 0 bridgehead atoms. The van der Waals surface area contributed by atoms with Gasteiger partial charge in [0.05, 0.1) is 11.4 Å². The van der Waals surface area contributed by atoms with Crippen molar-refractivity contribution < 1.29 is 9.18 Å². The Morgan fingerprint density at radius 2 is 1.38 bits per heavy atom. The van der Waals surface area contributed by atoms with Crippen molar-refractivity contribution in [2.45, 2.75) is 127 Å². The fourth-order valence-corrected chi connectivity index (χ4v) is 4.89. The molecule has 3 nitrogen and oxygen atoms in total. The molecule has 1 aliphatic rings. The predicted molar refractivity (Wildman–Crippen MR) is 215 cm³/mol. The molecule has 4 rings (SSSR count). The number of benzene rings is 3. The van der Waals surface area contributed by atoms with E-state index in [1.807, 2.05) is 97.0 Å². The number of anilines is 1. The second-order valence-electron chi connectivity index (χ2n) is 11.3. The standard InChI is InChI=1S/C24H23FN2.C7H12O.C7H16.2C2H6.C2H4/c1-5-19-8-12-23(17(3)14-19)26-18(4)27-24-13-11-21(15-22(24)25)20-9-6-16(2)7-10-20;1-6(8)7-4-2-3-5-7;1-3-5-7-6-4-2;3*1-2/h5-15H,1H2,2-4H3,(H,26,27);7H,2-5H2,1H3;3-7H2,1-2H3;2*1-2H3;1-2H2. The van der Waals surface area contributed by atoms with Gasteiger partial charge in [0.1, 0.15) is 17.4 Å². The lowest BCUT2D eigenvalue weighted by atomic mass is 10.0. The van der Waals surface area contributed by atoms with Gasteiger partial charge in [0.2, 0.25) is 0 Å². The van der Waals surface area contributed by atoms with E-state index in [1.165, 1.54) is 50.5 Å². The Bertz CT molecular complexity index is 1300. The molecule has 1 N–H and O–H groups in total. The van der Waals surface area contributed by atoms with E-state index in [1.54, 1.807) is 25.1 Å². The molecule has 4 heteroatoms. The molecule has 0 atom stereocenters. The highest BCUT2D eigenvalue weighted by Gasteiger charge is 2.18. The van der Waals surface area contributed by atoms with Gasteiger partial charge in [-0.15, -0.1) is 13.2 Å². The zero-order valence-corrected chi connectivity index (χ0v) is 32.1. The molecule has 0 unspecified atom stereocenters. The topological polar surface area (TPSA) is 41.5 Å². The van der Waals surface area contributed by atoms with Gasteiger partial charge in [0.25, 0.3) is 0 Å². The van der Waals surface area contributed by atoms with Crippen molar-refractivity contribution in [1.29, 1.82) is 0 Å². The van der Waals surface area contributed by atoms with E-state index >= 15 is 0 Å². The summed E-state index contributed by atoms with van der Waals surface area (Å²) in [4.78, 5) is 15.2. The fraction of sp³-hybridized carbons (Fsp3) is 0.455. The normalized spacial score (nSPS) is 11.7. The number of carbonyl (C=O) groups is 1. The molecule has 1 saturated carbocycles. The summed E-state index contributed by atoms with van der Waals surface area (Å²) >= 11 is 0. The van der Waals surface area contributed by atoms with Crippen LogP contribution in [0.1, 0.15) is 130 Å². The molecule has 1 fully saturated rings. The Kier molecular flexibility index (Phi) is 28.3. The van der Waals surface area contributed by atoms with Crippen molar-refractivity contribution in [2.75, 3.05) is 5.32 Å². The van der Waals surface area contributed by atoms with E-state index in [4.69, 9.17) is 0 Å². The average molecular weight is 659 g/mol. The summed E-state index contributed by atoms with van der Waals surface area (Å²) in [5, 5.41) is 3.06. The number of carbonyl (C=O) groups excluding carboxylic acids is 1. The lowest BCUT2D eigenvalue weighted by Gasteiger charge is -2.10. The van der Waals surface area contributed by atoms with E-state index in [2.05, 4.69) is 43.9 Å². The molecule has 0 radical (unpaired) electrons. The van der Waals surface area contributed by atoms with Crippen LogP contribution in [0.2, 0.25) is 0 Å². The highest BCUT2D eigenvalue weighted by atomic mass is 19.1. The monoisotopic (exact) mass is 659 g/mol. The lowest BCUT2D eigenvalue weighted by Crippen LogP contribution is -2.08. The first-order chi connectivity index (χ1) is 23.2. The average Bonchev–Trinajstić information content (AvgIpc) is 3.67. The van der Waals surface area contributed by atoms with Crippen LogP contribution < -0.4 is 5.32 Å². The maximum atomic E-state index is 14.6. The number of amidine groups is 1. The Morgan fingerprint density at radius 3 is 1.81 bits per heavy atom. The first kappa shape index (κ1) is 46.3. The second kappa shape index (κ2) is 29.4. The van der Waals surface area contributed by atoms with Gasteiger partial charge in [0.15, 0.2) is 0 Å². The third-order valence-electron chi connectivity index (χ3n) is 7.55. The summed E-state index contributed by atoms with van der Waals surface area (Å²) < 4.78 is 14.6. The van der Waals surface area contributed by atoms with Crippen LogP contribution in [0.5, 0.6) is 0 Å². The van der Waals surface area contributed by atoms with Crippen LogP contribution >= 0.6 is 0 Å². The minimum atomic E-state index is -0.304. The summed E-state index contributed by atoms with van der Waals surface area (Å²) in [5.41, 5.74) is 6.38. The quantitative estimate of drug-likeness (QED) is 0.108. The Hall–Kier alpha value is -3.79. The first-order valence-electron chi connectivity index (χ1n) is 18.1. The number of rotatable bonds is 9. The molecular formula is C44H67FN2O. The van der Waals surface area contributed by atoms with Crippen LogP contribution in [0.3, 0.4) is 0 Å². The third-order valence-corrected chi connectivity index (χ3v) is 7.55. The van der Waals surface area contributed by atoms with Gasteiger partial charge in [-0.2, -0.15) is 0 Å². The van der Waals surface area contributed by atoms with Crippen molar-refractivity contribution in [1.82, 2.24) is 0 Å².